The van der Waals surface area contributed by atoms with Crippen molar-refractivity contribution in [1.29, 1.82) is 0 Å². The van der Waals surface area contributed by atoms with Crippen molar-refractivity contribution in [2.24, 2.45) is 0 Å². The second kappa shape index (κ2) is 5.40. The number of carbonyl (C=O) groups is 2. The number of halogens is 3. The van der Waals surface area contributed by atoms with E-state index < -0.39 is 29.2 Å². The van der Waals surface area contributed by atoms with Crippen LogP contribution in [0.2, 0.25) is 0 Å². The van der Waals surface area contributed by atoms with Crippen molar-refractivity contribution in [3.05, 3.63) is 59.5 Å². The summed E-state index contributed by atoms with van der Waals surface area (Å²) in [5.41, 5.74) is -1.70. The highest BCUT2D eigenvalue weighted by molar-refractivity contribution is 6.06. The highest BCUT2D eigenvalue weighted by Gasteiger charge is 2.50. The number of nitrogens with zero attached hydrogens (tertiary/aromatic N) is 1. The predicted octanol–water partition coefficient (Wildman–Crippen LogP) is 3.27. The molecule has 1 saturated heterocycles. The first-order chi connectivity index (χ1) is 11.2. The Kier molecular flexibility index (Phi) is 3.62. The van der Waals surface area contributed by atoms with E-state index in [1.165, 1.54) is 25.3 Å². The molecule has 0 radical (unpaired) electrons. The van der Waals surface area contributed by atoms with Gasteiger partial charge in [0.05, 0.1) is 18.4 Å². The summed E-state index contributed by atoms with van der Waals surface area (Å²) < 4.78 is 42.9. The molecule has 1 aromatic heterocycles. The van der Waals surface area contributed by atoms with E-state index in [1.807, 2.05) is 0 Å². The van der Waals surface area contributed by atoms with E-state index >= 15 is 0 Å². The van der Waals surface area contributed by atoms with Crippen molar-refractivity contribution in [3.63, 3.8) is 0 Å². The molecule has 1 N–H and O–H groups in total. The lowest BCUT2D eigenvalue weighted by atomic mass is 9.99. The van der Waals surface area contributed by atoms with Crippen LogP contribution in [0.1, 0.15) is 23.8 Å². The Bertz CT molecular complexity index is 769. The number of hydrogen-bond acceptors (Lipinski definition) is 3. The molecule has 24 heavy (non-hydrogen) atoms. The Balaban J connectivity index is 1.81. The first-order valence-corrected chi connectivity index (χ1v) is 7.06. The fourth-order valence-corrected chi connectivity index (χ4v) is 2.55. The second-order valence-electron chi connectivity index (χ2n) is 5.62. The Labute approximate surface area is 135 Å². The van der Waals surface area contributed by atoms with Crippen LogP contribution in [0.25, 0.3) is 0 Å². The third-order valence-corrected chi connectivity index (χ3v) is 3.91. The van der Waals surface area contributed by atoms with Crippen molar-refractivity contribution in [2.45, 2.75) is 25.2 Å². The normalized spacial score (nSPS) is 21.2. The van der Waals surface area contributed by atoms with E-state index in [4.69, 9.17) is 4.42 Å². The smallest absolute Gasteiger partial charge is 0.416 e. The maximum absolute atomic E-state index is 12.6. The first kappa shape index (κ1) is 16.1. The van der Waals surface area contributed by atoms with Gasteiger partial charge in [0.25, 0.3) is 5.91 Å². The summed E-state index contributed by atoms with van der Waals surface area (Å²) in [6.07, 6.45) is -3.05. The van der Waals surface area contributed by atoms with Gasteiger partial charge in [0, 0.05) is 0 Å². The molecule has 0 unspecified atom stereocenters. The molecule has 2 aromatic rings. The molecule has 8 heteroatoms. The summed E-state index contributed by atoms with van der Waals surface area (Å²) in [6.45, 7) is 1.39. The fraction of sp³-hybridized carbons (Fsp3) is 0.250. The highest BCUT2D eigenvalue weighted by Crippen LogP contribution is 2.31. The molecule has 1 aliphatic rings. The lowest BCUT2D eigenvalue weighted by molar-refractivity contribution is -0.137. The van der Waals surface area contributed by atoms with Gasteiger partial charge in [0.2, 0.25) is 0 Å². The minimum atomic E-state index is -4.43. The molecule has 1 aromatic carbocycles. The van der Waals surface area contributed by atoms with Gasteiger partial charge in [0.1, 0.15) is 5.76 Å². The number of amides is 3. The number of benzene rings is 1. The van der Waals surface area contributed by atoms with Crippen LogP contribution in [0.4, 0.5) is 18.0 Å². The van der Waals surface area contributed by atoms with Gasteiger partial charge >= 0.3 is 12.2 Å². The standard InChI is InChI=1S/C16H13F3N2O3/c1-15(12-3-2-8-24-12)13(22)21(14(23)20-15)9-10-4-6-11(7-5-10)16(17,18)19/h2-8H,9H2,1H3,(H,20,23)/t15-/m0/s1. The van der Waals surface area contributed by atoms with Gasteiger partial charge in [-0.05, 0) is 36.8 Å². The molecular formula is C16H13F3N2O3. The second-order valence-corrected chi connectivity index (χ2v) is 5.62. The van der Waals surface area contributed by atoms with Crippen LogP contribution >= 0.6 is 0 Å². The zero-order valence-corrected chi connectivity index (χ0v) is 12.6. The lowest BCUT2D eigenvalue weighted by Gasteiger charge is -2.19. The highest BCUT2D eigenvalue weighted by atomic mass is 19.4. The molecule has 2 heterocycles. The summed E-state index contributed by atoms with van der Waals surface area (Å²) in [4.78, 5) is 25.6. The molecule has 0 bridgehead atoms. The van der Waals surface area contributed by atoms with Crippen molar-refractivity contribution in [3.8, 4) is 0 Å². The quantitative estimate of drug-likeness (QED) is 0.874. The molecule has 1 fully saturated rings. The van der Waals surface area contributed by atoms with Crippen LogP contribution in [-0.2, 0) is 23.1 Å². The third kappa shape index (κ3) is 2.64. The van der Waals surface area contributed by atoms with Crippen molar-refractivity contribution >= 4 is 11.9 Å². The minimum absolute atomic E-state index is 0.126. The van der Waals surface area contributed by atoms with E-state index in [2.05, 4.69) is 5.32 Å². The maximum atomic E-state index is 12.6. The lowest BCUT2D eigenvalue weighted by Crippen LogP contribution is -2.40. The van der Waals surface area contributed by atoms with Crippen LogP contribution in [-0.4, -0.2) is 16.8 Å². The van der Waals surface area contributed by atoms with Gasteiger partial charge < -0.3 is 9.73 Å². The largest absolute Gasteiger partial charge is 0.466 e. The number of rotatable bonds is 3. The summed E-state index contributed by atoms with van der Waals surface area (Å²) in [5, 5.41) is 2.55. The van der Waals surface area contributed by atoms with E-state index in [1.54, 1.807) is 12.1 Å². The summed E-state index contributed by atoms with van der Waals surface area (Å²) in [6, 6.07) is 6.86. The summed E-state index contributed by atoms with van der Waals surface area (Å²) >= 11 is 0. The topological polar surface area (TPSA) is 62.6 Å². The molecule has 126 valence electrons. The zero-order chi connectivity index (χ0) is 17.5. The van der Waals surface area contributed by atoms with Crippen LogP contribution in [0, 0.1) is 0 Å². The first-order valence-electron chi connectivity index (χ1n) is 7.06. The van der Waals surface area contributed by atoms with Crippen LogP contribution in [0.15, 0.2) is 47.1 Å². The maximum Gasteiger partial charge on any atom is 0.416 e. The molecule has 0 saturated carbocycles. The number of hydrogen-bond donors (Lipinski definition) is 1. The molecule has 0 spiro atoms. The van der Waals surface area contributed by atoms with Gasteiger partial charge in [-0.3, -0.25) is 9.69 Å². The number of urea groups is 1. The molecule has 0 aliphatic carbocycles. The van der Waals surface area contributed by atoms with Gasteiger partial charge in [-0.1, -0.05) is 12.1 Å². The predicted molar refractivity (Wildman–Crippen MR) is 76.6 cm³/mol. The average Bonchev–Trinajstić information content (AvgIpc) is 3.12. The molecule has 3 rings (SSSR count). The zero-order valence-electron chi connectivity index (χ0n) is 12.6. The number of nitrogens with one attached hydrogen (secondary N) is 1. The van der Waals surface area contributed by atoms with E-state index in [0.29, 0.717) is 5.56 Å². The molecular weight excluding hydrogens is 325 g/mol. The molecule has 1 atom stereocenters. The third-order valence-electron chi connectivity index (χ3n) is 3.91. The molecule has 3 amide bonds. The number of carbonyl (C=O) groups excluding carboxylic acids is 2. The van der Waals surface area contributed by atoms with Crippen LogP contribution in [0.5, 0.6) is 0 Å². The van der Waals surface area contributed by atoms with E-state index in [-0.39, 0.29) is 12.3 Å². The molecule has 5 nitrogen and oxygen atoms in total. The monoisotopic (exact) mass is 338 g/mol. The average molecular weight is 338 g/mol. The van der Waals surface area contributed by atoms with Crippen molar-refractivity contribution in [1.82, 2.24) is 10.2 Å². The fourth-order valence-electron chi connectivity index (χ4n) is 2.55. The summed E-state index contributed by atoms with van der Waals surface area (Å²) in [5.74, 6) is -0.238. The van der Waals surface area contributed by atoms with E-state index in [0.717, 1.165) is 17.0 Å². The van der Waals surface area contributed by atoms with Crippen LogP contribution < -0.4 is 5.32 Å². The van der Waals surface area contributed by atoms with Gasteiger partial charge in [-0.2, -0.15) is 13.2 Å². The summed E-state index contributed by atoms with van der Waals surface area (Å²) in [7, 11) is 0. The minimum Gasteiger partial charge on any atom is -0.466 e. The number of imide groups is 1. The number of furan rings is 1. The Hall–Kier alpha value is -2.77. The van der Waals surface area contributed by atoms with Crippen molar-refractivity contribution < 1.29 is 27.2 Å². The van der Waals surface area contributed by atoms with Gasteiger partial charge in [-0.25, -0.2) is 4.79 Å². The van der Waals surface area contributed by atoms with E-state index in [9.17, 15) is 22.8 Å². The van der Waals surface area contributed by atoms with Crippen molar-refractivity contribution in [2.75, 3.05) is 0 Å². The van der Waals surface area contributed by atoms with Gasteiger partial charge in [-0.15, -0.1) is 0 Å². The Morgan fingerprint density at radius 3 is 2.38 bits per heavy atom. The molecule has 1 aliphatic heterocycles. The SMILES string of the molecule is C[C@@]1(c2ccco2)NC(=O)N(Cc2ccc(C(F)(F)F)cc2)C1=O. The van der Waals surface area contributed by atoms with Gasteiger partial charge in [0.15, 0.2) is 5.54 Å². The van der Waals surface area contributed by atoms with Crippen LogP contribution in [0.3, 0.4) is 0 Å². The Morgan fingerprint density at radius 2 is 1.83 bits per heavy atom. The Morgan fingerprint density at radius 1 is 1.17 bits per heavy atom. The number of alkyl halides is 3.